The lowest BCUT2D eigenvalue weighted by Crippen LogP contribution is -2.27. The van der Waals surface area contributed by atoms with Crippen LogP contribution in [0.2, 0.25) is 0 Å². The van der Waals surface area contributed by atoms with Gasteiger partial charge in [0.15, 0.2) is 0 Å². The summed E-state index contributed by atoms with van der Waals surface area (Å²) in [5.41, 5.74) is 2.07. The minimum Gasteiger partial charge on any atom is -0.497 e. The molecule has 1 amide bonds. The predicted octanol–water partition coefficient (Wildman–Crippen LogP) is 3.50. The second kappa shape index (κ2) is 9.08. The van der Waals surface area contributed by atoms with Gasteiger partial charge in [0.2, 0.25) is 5.91 Å². The predicted molar refractivity (Wildman–Crippen MR) is 98.7 cm³/mol. The van der Waals surface area contributed by atoms with Crippen molar-refractivity contribution in [3.05, 3.63) is 69.8 Å². The average molecular weight is 360 g/mol. The van der Waals surface area contributed by atoms with Gasteiger partial charge in [0.25, 0.3) is 5.69 Å². The van der Waals surface area contributed by atoms with E-state index >= 15 is 0 Å². The number of carbonyl (C=O) groups is 1. The number of nitro groups is 1. The van der Waals surface area contributed by atoms with Crippen LogP contribution in [0, 0.1) is 10.1 Å². The van der Waals surface area contributed by atoms with Crippen molar-refractivity contribution in [2.75, 3.05) is 19.9 Å². The zero-order valence-corrected chi connectivity index (χ0v) is 15.0. The van der Waals surface area contributed by atoms with Crippen LogP contribution in [0.25, 0.3) is 0 Å². The molecule has 0 atom stereocenters. The molecule has 0 bridgehead atoms. The number of nitrogens with zero attached hydrogens (tertiary/aromatic N) is 2. The van der Waals surface area contributed by atoms with Crippen LogP contribution >= 0.6 is 11.8 Å². The van der Waals surface area contributed by atoms with Crippen molar-refractivity contribution in [2.24, 2.45) is 0 Å². The number of benzene rings is 2. The molecule has 2 aromatic rings. The van der Waals surface area contributed by atoms with E-state index in [0.29, 0.717) is 18.1 Å². The third kappa shape index (κ3) is 5.79. The number of amides is 1. The summed E-state index contributed by atoms with van der Waals surface area (Å²) in [6.07, 6.45) is 0. The average Bonchev–Trinajstić information content (AvgIpc) is 2.62. The molecular weight excluding hydrogens is 340 g/mol. The van der Waals surface area contributed by atoms with Crippen LogP contribution in [0.4, 0.5) is 5.69 Å². The highest BCUT2D eigenvalue weighted by Crippen LogP contribution is 2.18. The molecule has 0 aromatic heterocycles. The molecule has 0 aliphatic heterocycles. The van der Waals surface area contributed by atoms with E-state index in [4.69, 9.17) is 4.74 Å². The summed E-state index contributed by atoms with van der Waals surface area (Å²) in [7, 11) is 3.39. The Balaban J connectivity index is 1.77. The number of ether oxygens (including phenoxy) is 1. The fourth-order valence-corrected chi connectivity index (χ4v) is 3.10. The zero-order chi connectivity index (χ0) is 18.2. The largest absolute Gasteiger partial charge is 0.497 e. The van der Waals surface area contributed by atoms with E-state index in [1.54, 1.807) is 31.2 Å². The molecule has 0 N–H and O–H groups in total. The highest BCUT2D eigenvalue weighted by atomic mass is 32.2. The van der Waals surface area contributed by atoms with Crippen LogP contribution in [0.1, 0.15) is 11.1 Å². The number of rotatable bonds is 8. The minimum atomic E-state index is -0.422. The van der Waals surface area contributed by atoms with E-state index in [1.165, 1.54) is 23.9 Å². The normalized spacial score (nSPS) is 10.3. The summed E-state index contributed by atoms with van der Waals surface area (Å²) in [5.74, 6) is 1.84. The van der Waals surface area contributed by atoms with Crippen molar-refractivity contribution in [2.45, 2.75) is 12.3 Å². The molecular formula is C18H20N2O4S. The van der Waals surface area contributed by atoms with Gasteiger partial charge in [-0.2, -0.15) is 0 Å². The lowest BCUT2D eigenvalue weighted by molar-refractivity contribution is -0.384. The monoisotopic (exact) mass is 360 g/mol. The molecule has 6 nitrogen and oxygen atoms in total. The Bertz CT molecular complexity index is 717. The number of non-ortho nitro benzene ring substituents is 1. The molecule has 2 rings (SSSR count). The van der Waals surface area contributed by atoms with Crippen LogP contribution in [0.15, 0.2) is 48.5 Å². The van der Waals surface area contributed by atoms with Gasteiger partial charge in [-0.05, 0) is 23.3 Å². The van der Waals surface area contributed by atoms with E-state index < -0.39 is 4.92 Å². The molecule has 0 spiro atoms. The number of thioether (sulfide) groups is 1. The first-order valence-corrected chi connectivity index (χ1v) is 8.83. The number of nitro benzene ring substituents is 1. The van der Waals surface area contributed by atoms with Gasteiger partial charge >= 0.3 is 0 Å². The SMILES string of the molecule is COc1ccc(CN(C)C(=O)CSCc2ccc([N+](=O)[O-])cc2)cc1. The van der Waals surface area contributed by atoms with Crippen molar-refractivity contribution in [1.29, 1.82) is 0 Å². The summed E-state index contributed by atoms with van der Waals surface area (Å²) >= 11 is 1.49. The smallest absolute Gasteiger partial charge is 0.269 e. The number of hydrogen-bond acceptors (Lipinski definition) is 5. The molecule has 0 saturated heterocycles. The van der Waals surface area contributed by atoms with Crippen LogP contribution in [-0.2, 0) is 17.1 Å². The van der Waals surface area contributed by atoms with Crippen molar-refractivity contribution in [1.82, 2.24) is 4.90 Å². The summed E-state index contributed by atoms with van der Waals surface area (Å²) < 4.78 is 5.12. The number of carbonyl (C=O) groups excluding carboxylic acids is 1. The molecule has 0 heterocycles. The highest BCUT2D eigenvalue weighted by molar-refractivity contribution is 7.99. The Labute approximate surface area is 150 Å². The van der Waals surface area contributed by atoms with Crippen molar-refractivity contribution < 1.29 is 14.5 Å². The molecule has 7 heteroatoms. The summed E-state index contributed by atoms with van der Waals surface area (Å²) in [4.78, 5) is 24.1. The Hall–Kier alpha value is -2.54. The lowest BCUT2D eigenvalue weighted by atomic mass is 10.2. The van der Waals surface area contributed by atoms with Gasteiger partial charge in [-0.25, -0.2) is 0 Å². The molecule has 0 aliphatic rings. The maximum Gasteiger partial charge on any atom is 0.269 e. The molecule has 0 saturated carbocycles. The van der Waals surface area contributed by atoms with Gasteiger partial charge in [0, 0.05) is 31.5 Å². The topological polar surface area (TPSA) is 72.7 Å². The van der Waals surface area contributed by atoms with Crippen LogP contribution in [-0.4, -0.2) is 35.6 Å². The second-order valence-electron chi connectivity index (χ2n) is 5.51. The van der Waals surface area contributed by atoms with Crippen molar-refractivity contribution in [3.8, 4) is 5.75 Å². The maximum atomic E-state index is 12.2. The van der Waals surface area contributed by atoms with E-state index in [0.717, 1.165) is 16.9 Å². The molecule has 132 valence electrons. The maximum absolute atomic E-state index is 12.2. The van der Waals surface area contributed by atoms with Gasteiger partial charge in [-0.3, -0.25) is 14.9 Å². The minimum absolute atomic E-state index is 0.0442. The molecule has 0 radical (unpaired) electrons. The number of hydrogen-bond donors (Lipinski definition) is 0. The van der Waals surface area contributed by atoms with E-state index in [-0.39, 0.29) is 11.6 Å². The van der Waals surface area contributed by atoms with Gasteiger partial charge in [0.1, 0.15) is 5.75 Å². The summed E-state index contributed by atoms with van der Waals surface area (Å²) in [6, 6.07) is 14.0. The third-order valence-electron chi connectivity index (χ3n) is 3.65. The Kier molecular flexibility index (Phi) is 6.82. The van der Waals surface area contributed by atoms with Gasteiger partial charge in [0.05, 0.1) is 17.8 Å². The van der Waals surface area contributed by atoms with Crippen molar-refractivity contribution >= 4 is 23.4 Å². The number of methoxy groups -OCH3 is 1. The summed E-state index contributed by atoms with van der Waals surface area (Å²) in [5, 5.41) is 10.6. The molecule has 25 heavy (non-hydrogen) atoms. The van der Waals surface area contributed by atoms with Crippen LogP contribution in [0.5, 0.6) is 5.75 Å². The lowest BCUT2D eigenvalue weighted by Gasteiger charge is -2.17. The zero-order valence-electron chi connectivity index (χ0n) is 14.2. The molecule has 0 fully saturated rings. The fourth-order valence-electron chi connectivity index (χ4n) is 2.17. The Morgan fingerprint density at radius 1 is 1.12 bits per heavy atom. The second-order valence-corrected chi connectivity index (χ2v) is 6.50. The quantitative estimate of drug-likeness (QED) is 0.532. The standard InChI is InChI=1S/C18H20N2O4S/c1-19(11-14-5-9-17(24-2)10-6-14)18(21)13-25-12-15-3-7-16(8-4-15)20(22)23/h3-10H,11-13H2,1-2H3. The third-order valence-corrected chi connectivity index (χ3v) is 4.63. The Morgan fingerprint density at radius 3 is 2.28 bits per heavy atom. The van der Waals surface area contributed by atoms with Gasteiger partial charge < -0.3 is 9.64 Å². The van der Waals surface area contributed by atoms with Gasteiger partial charge in [-0.15, -0.1) is 11.8 Å². The molecule has 0 aliphatic carbocycles. The molecule has 2 aromatic carbocycles. The first-order chi connectivity index (χ1) is 12.0. The van der Waals surface area contributed by atoms with E-state index in [1.807, 2.05) is 24.3 Å². The highest BCUT2D eigenvalue weighted by Gasteiger charge is 2.10. The Morgan fingerprint density at radius 2 is 1.72 bits per heavy atom. The van der Waals surface area contributed by atoms with Crippen LogP contribution < -0.4 is 4.74 Å². The van der Waals surface area contributed by atoms with E-state index in [2.05, 4.69) is 0 Å². The molecule has 0 unspecified atom stereocenters. The van der Waals surface area contributed by atoms with Crippen LogP contribution in [0.3, 0.4) is 0 Å². The first-order valence-electron chi connectivity index (χ1n) is 7.67. The van der Waals surface area contributed by atoms with Gasteiger partial charge in [-0.1, -0.05) is 24.3 Å². The van der Waals surface area contributed by atoms with Crippen molar-refractivity contribution in [3.63, 3.8) is 0 Å². The summed E-state index contributed by atoms with van der Waals surface area (Å²) in [6.45, 7) is 0.543. The fraction of sp³-hybridized carbons (Fsp3) is 0.278. The van der Waals surface area contributed by atoms with E-state index in [9.17, 15) is 14.9 Å². The first kappa shape index (κ1) is 18.8.